The molecule has 2 aromatic heterocycles. The molecule has 0 aliphatic rings. The Morgan fingerprint density at radius 2 is 1.44 bits per heavy atom. The number of carbonyl (C=O) groups is 2. The summed E-state index contributed by atoms with van der Waals surface area (Å²) < 4.78 is 84.6. The Hall–Kier alpha value is -4.81. The molecule has 0 saturated heterocycles. The predicted octanol–water partition coefficient (Wildman–Crippen LogP) is 6.42. The number of nitrogens with one attached hydrogen (secondary N) is 1. The van der Waals surface area contributed by atoms with Crippen LogP contribution in [0.2, 0.25) is 0 Å². The van der Waals surface area contributed by atoms with Crippen molar-refractivity contribution in [3.05, 3.63) is 113 Å². The fourth-order valence-electron chi connectivity index (χ4n) is 3.79. The quantitative estimate of drug-likeness (QED) is 0.202. The van der Waals surface area contributed by atoms with E-state index in [0.29, 0.717) is 23.4 Å². The van der Waals surface area contributed by atoms with E-state index in [1.54, 1.807) is 36.5 Å². The number of benzene rings is 2. The Bertz CT molecular complexity index is 1510. The summed E-state index contributed by atoms with van der Waals surface area (Å²) in [5.74, 6) is -1.77. The third-order valence-corrected chi connectivity index (χ3v) is 5.81. The third kappa shape index (κ3) is 7.24. The van der Waals surface area contributed by atoms with Crippen LogP contribution >= 0.6 is 0 Å². The number of alkyl halides is 6. The molecular weight excluding hydrogens is 554 g/mol. The largest absolute Gasteiger partial charge is 0.456 e. The lowest BCUT2D eigenvalue weighted by atomic mass is 10.0. The van der Waals surface area contributed by atoms with Crippen LogP contribution in [0.4, 0.5) is 26.3 Å². The second-order valence-electron chi connectivity index (χ2n) is 8.75. The Balaban J connectivity index is 1.53. The van der Waals surface area contributed by atoms with E-state index < -0.39 is 47.0 Å². The van der Waals surface area contributed by atoms with Crippen molar-refractivity contribution < 1.29 is 40.7 Å². The van der Waals surface area contributed by atoms with Crippen molar-refractivity contribution in [1.29, 1.82) is 0 Å². The maximum absolute atomic E-state index is 13.2. The van der Waals surface area contributed by atoms with Gasteiger partial charge in [0.05, 0.1) is 39.8 Å². The Labute approximate surface area is 229 Å². The van der Waals surface area contributed by atoms with Crippen LogP contribution in [0.3, 0.4) is 0 Å². The SMILES string of the molecule is CC(NC(=O)c1cc(C(F)(F)F)cc(C(F)(F)F)c1)c1nccnc1-c1ccc(C(=O)OCc2ccccn2)cc1. The van der Waals surface area contributed by atoms with Crippen LogP contribution in [0.1, 0.15) is 56.2 Å². The standard InChI is InChI=1S/C28H20F6N4O3/c1-16(38-25(39)19-12-20(27(29,30)31)14-21(13-19)28(32,33)34)23-24(37-11-10-36-23)17-5-7-18(8-6-17)26(40)41-15-22-4-2-3-9-35-22/h2-14,16H,15H2,1H3,(H,38,39). The van der Waals surface area contributed by atoms with Gasteiger partial charge in [0.2, 0.25) is 0 Å². The molecule has 1 amide bonds. The van der Waals surface area contributed by atoms with Crippen LogP contribution in [-0.2, 0) is 23.7 Å². The van der Waals surface area contributed by atoms with Gasteiger partial charge in [0.15, 0.2) is 0 Å². The topological polar surface area (TPSA) is 94.1 Å². The van der Waals surface area contributed by atoms with Crippen molar-refractivity contribution >= 4 is 11.9 Å². The fraction of sp³-hybridized carbons (Fsp3) is 0.179. The van der Waals surface area contributed by atoms with Gasteiger partial charge in [-0.1, -0.05) is 18.2 Å². The molecule has 0 spiro atoms. The maximum atomic E-state index is 13.2. The van der Waals surface area contributed by atoms with Crippen molar-refractivity contribution in [3.63, 3.8) is 0 Å². The van der Waals surface area contributed by atoms with E-state index in [0.717, 1.165) is 0 Å². The normalized spacial score (nSPS) is 12.5. The van der Waals surface area contributed by atoms with Gasteiger partial charge in [0.1, 0.15) is 6.61 Å². The van der Waals surface area contributed by atoms with E-state index in [2.05, 4.69) is 20.3 Å². The Kier molecular flexibility index (Phi) is 8.36. The van der Waals surface area contributed by atoms with Crippen LogP contribution in [0, 0.1) is 0 Å². The summed E-state index contributed by atoms with van der Waals surface area (Å²) in [6.45, 7) is 1.43. The highest BCUT2D eigenvalue weighted by molar-refractivity contribution is 5.95. The molecule has 4 aromatic rings. The summed E-state index contributed by atoms with van der Waals surface area (Å²) in [5.41, 5.74) is -2.29. The van der Waals surface area contributed by atoms with Crippen molar-refractivity contribution in [3.8, 4) is 11.3 Å². The minimum atomic E-state index is -5.10. The zero-order chi connectivity index (χ0) is 29.8. The molecular formula is C28H20F6N4O3. The molecule has 1 atom stereocenters. The lowest BCUT2D eigenvalue weighted by molar-refractivity contribution is -0.143. The molecule has 13 heteroatoms. The summed E-state index contributed by atoms with van der Waals surface area (Å²) >= 11 is 0. The van der Waals surface area contributed by atoms with Crippen LogP contribution in [0.15, 0.2) is 79.3 Å². The molecule has 212 valence electrons. The molecule has 0 fully saturated rings. The number of halogens is 6. The third-order valence-electron chi connectivity index (χ3n) is 5.81. The first-order chi connectivity index (χ1) is 19.3. The number of carbonyl (C=O) groups excluding carboxylic acids is 2. The highest BCUT2D eigenvalue weighted by Gasteiger charge is 2.37. The van der Waals surface area contributed by atoms with E-state index >= 15 is 0 Å². The van der Waals surface area contributed by atoms with Crippen molar-refractivity contribution in [2.24, 2.45) is 0 Å². The number of nitrogens with zero attached hydrogens (tertiary/aromatic N) is 3. The molecule has 1 N–H and O–H groups in total. The summed E-state index contributed by atoms with van der Waals surface area (Å²) in [4.78, 5) is 37.7. The van der Waals surface area contributed by atoms with Crippen LogP contribution in [-0.4, -0.2) is 26.8 Å². The highest BCUT2D eigenvalue weighted by atomic mass is 19.4. The first-order valence-corrected chi connectivity index (χ1v) is 11.9. The van der Waals surface area contributed by atoms with E-state index in [4.69, 9.17) is 4.74 Å². The van der Waals surface area contributed by atoms with Gasteiger partial charge >= 0.3 is 18.3 Å². The van der Waals surface area contributed by atoms with Gasteiger partial charge in [0.25, 0.3) is 5.91 Å². The van der Waals surface area contributed by atoms with Gasteiger partial charge in [0, 0.05) is 29.7 Å². The first kappa shape index (κ1) is 29.2. The molecule has 0 radical (unpaired) electrons. The Morgan fingerprint density at radius 3 is 2.02 bits per heavy atom. The number of esters is 1. The number of hydrogen-bond donors (Lipinski definition) is 1. The second-order valence-corrected chi connectivity index (χ2v) is 8.75. The lowest BCUT2D eigenvalue weighted by Crippen LogP contribution is -2.28. The summed E-state index contributed by atoms with van der Waals surface area (Å²) in [6, 6.07) is 10.9. The van der Waals surface area contributed by atoms with Crippen LogP contribution in [0.5, 0.6) is 0 Å². The molecule has 4 rings (SSSR count). The van der Waals surface area contributed by atoms with Gasteiger partial charge in [-0.15, -0.1) is 0 Å². The number of rotatable bonds is 7. The molecule has 0 aliphatic carbocycles. The monoisotopic (exact) mass is 574 g/mol. The number of amides is 1. The van der Waals surface area contributed by atoms with Crippen LogP contribution < -0.4 is 5.32 Å². The van der Waals surface area contributed by atoms with Crippen molar-refractivity contribution in [2.45, 2.75) is 31.9 Å². The lowest BCUT2D eigenvalue weighted by Gasteiger charge is -2.18. The summed E-state index contributed by atoms with van der Waals surface area (Å²) in [5, 5.41) is 2.39. The van der Waals surface area contributed by atoms with Gasteiger partial charge in [-0.2, -0.15) is 26.3 Å². The molecule has 0 saturated carbocycles. The van der Waals surface area contributed by atoms with Gasteiger partial charge in [-0.3, -0.25) is 19.7 Å². The van der Waals surface area contributed by atoms with Crippen molar-refractivity contribution in [1.82, 2.24) is 20.3 Å². The number of ether oxygens (including phenoxy) is 1. The number of hydrogen-bond acceptors (Lipinski definition) is 6. The molecule has 41 heavy (non-hydrogen) atoms. The smallest absolute Gasteiger partial charge is 0.416 e. The maximum Gasteiger partial charge on any atom is 0.416 e. The molecule has 0 bridgehead atoms. The molecule has 0 aliphatic heterocycles. The fourth-order valence-corrected chi connectivity index (χ4v) is 3.79. The summed E-state index contributed by atoms with van der Waals surface area (Å²) in [6.07, 6.45) is -5.95. The summed E-state index contributed by atoms with van der Waals surface area (Å²) in [7, 11) is 0. The molecule has 7 nitrogen and oxygen atoms in total. The zero-order valence-corrected chi connectivity index (χ0v) is 21.1. The van der Waals surface area contributed by atoms with Gasteiger partial charge < -0.3 is 10.1 Å². The minimum Gasteiger partial charge on any atom is -0.456 e. The van der Waals surface area contributed by atoms with Gasteiger partial charge in [-0.25, -0.2) is 4.79 Å². The van der Waals surface area contributed by atoms with E-state index in [-0.39, 0.29) is 29.6 Å². The van der Waals surface area contributed by atoms with E-state index in [1.165, 1.54) is 31.5 Å². The molecule has 1 unspecified atom stereocenters. The van der Waals surface area contributed by atoms with Gasteiger partial charge in [-0.05, 0) is 49.4 Å². The Morgan fingerprint density at radius 1 is 0.805 bits per heavy atom. The molecule has 2 heterocycles. The average Bonchev–Trinajstić information content (AvgIpc) is 2.95. The molecule has 2 aromatic carbocycles. The second kappa shape index (κ2) is 11.7. The average molecular weight is 574 g/mol. The predicted molar refractivity (Wildman–Crippen MR) is 133 cm³/mol. The van der Waals surface area contributed by atoms with E-state index in [1.807, 2.05) is 0 Å². The number of aromatic nitrogens is 3. The van der Waals surface area contributed by atoms with E-state index in [9.17, 15) is 35.9 Å². The number of pyridine rings is 1. The van der Waals surface area contributed by atoms with Crippen LogP contribution in [0.25, 0.3) is 11.3 Å². The minimum absolute atomic E-state index is 0.0245. The first-order valence-electron chi connectivity index (χ1n) is 11.9. The zero-order valence-electron chi connectivity index (χ0n) is 21.1. The highest BCUT2D eigenvalue weighted by Crippen LogP contribution is 2.36. The van der Waals surface area contributed by atoms with Crippen molar-refractivity contribution in [2.75, 3.05) is 0 Å².